The van der Waals surface area contributed by atoms with Crippen LogP contribution in [0.25, 0.3) is 0 Å². The third-order valence-electron chi connectivity index (χ3n) is 4.71. The highest BCUT2D eigenvalue weighted by atomic mass is 32.2. The number of carbonyl (C=O) groups excluding carboxylic acids is 1. The number of sulfone groups is 1. The summed E-state index contributed by atoms with van der Waals surface area (Å²) in [5.74, 6) is 0.146. The van der Waals surface area contributed by atoms with Crippen LogP contribution in [0, 0.1) is 0 Å². The van der Waals surface area contributed by atoms with Gasteiger partial charge in [-0.15, -0.1) is 0 Å². The summed E-state index contributed by atoms with van der Waals surface area (Å²) in [5.41, 5.74) is -0.334. The normalized spacial score (nSPS) is 26.4. The summed E-state index contributed by atoms with van der Waals surface area (Å²) < 4.78 is 28.6. The zero-order valence-corrected chi connectivity index (χ0v) is 13.8. The SMILES string of the molecule is CCOC(=O)CC1(N2CCN(C)CC2)CCS(=O)(=O)CC1. The van der Waals surface area contributed by atoms with E-state index in [1.54, 1.807) is 6.92 Å². The van der Waals surface area contributed by atoms with Crippen molar-refractivity contribution in [2.75, 3.05) is 51.3 Å². The van der Waals surface area contributed by atoms with E-state index >= 15 is 0 Å². The summed E-state index contributed by atoms with van der Waals surface area (Å²) in [6.45, 7) is 5.85. The summed E-state index contributed by atoms with van der Waals surface area (Å²) in [6, 6.07) is 0. The van der Waals surface area contributed by atoms with Crippen LogP contribution in [0.15, 0.2) is 0 Å². The maximum Gasteiger partial charge on any atom is 0.307 e. The smallest absolute Gasteiger partial charge is 0.307 e. The molecular weight excluding hydrogens is 292 g/mol. The van der Waals surface area contributed by atoms with Gasteiger partial charge in [0.2, 0.25) is 0 Å². The van der Waals surface area contributed by atoms with Gasteiger partial charge >= 0.3 is 5.97 Å². The Labute approximate surface area is 127 Å². The predicted molar refractivity (Wildman–Crippen MR) is 80.9 cm³/mol. The lowest BCUT2D eigenvalue weighted by Crippen LogP contribution is -2.60. The van der Waals surface area contributed by atoms with E-state index in [2.05, 4.69) is 16.8 Å². The average molecular weight is 318 g/mol. The van der Waals surface area contributed by atoms with Gasteiger partial charge in [-0.05, 0) is 26.8 Å². The molecule has 2 rings (SSSR count). The molecule has 0 unspecified atom stereocenters. The molecule has 0 amide bonds. The van der Waals surface area contributed by atoms with Crippen LogP contribution in [0.5, 0.6) is 0 Å². The second-order valence-corrected chi connectivity index (χ2v) is 8.45. The monoisotopic (exact) mass is 318 g/mol. The number of likely N-dealkylation sites (N-methyl/N-ethyl adjacent to an activating group) is 1. The van der Waals surface area contributed by atoms with Crippen molar-refractivity contribution in [2.24, 2.45) is 0 Å². The zero-order chi connectivity index (χ0) is 15.5. The molecule has 2 saturated heterocycles. The van der Waals surface area contributed by atoms with Gasteiger partial charge < -0.3 is 9.64 Å². The highest BCUT2D eigenvalue weighted by Gasteiger charge is 2.44. The molecule has 0 atom stereocenters. The third-order valence-corrected chi connectivity index (χ3v) is 6.36. The van der Waals surface area contributed by atoms with Crippen molar-refractivity contribution < 1.29 is 17.9 Å². The summed E-state index contributed by atoms with van der Waals surface area (Å²) in [7, 11) is -0.856. The van der Waals surface area contributed by atoms with Crippen molar-refractivity contribution in [1.29, 1.82) is 0 Å². The van der Waals surface area contributed by atoms with Crippen molar-refractivity contribution in [3.8, 4) is 0 Å². The molecule has 0 N–H and O–H groups in total. The topological polar surface area (TPSA) is 66.9 Å². The Bertz CT molecular complexity index is 455. The number of ether oxygens (including phenoxy) is 1. The van der Waals surface area contributed by atoms with Crippen molar-refractivity contribution in [3.05, 3.63) is 0 Å². The number of rotatable bonds is 4. The molecule has 2 aliphatic rings. The molecule has 2 heterocycles. The maximum atomic E-state index is 12.0. The van der Waals surface area contributed by atoms with Gasteiger partial charge in [0.05, 0.1) is 24.5 Å². The van der Waals surface area contributed by atoms with Crippen LogP contribution in [0.3, 0.4) is 0 Å². The largest absolute Gasteiger partial charge is 0.466 e. The maximum absolute atomic E-state index is 12.0. The Balaban J connectivity index is 2.12. The molecule has 0 saturated carbocycles. The van der Waals surface area contributed by atoms with Gasteiger partial charge in [-0.1, -0.05) is 0 Å². The van der Waals surface area contributed by atoms with Gasteiger partial charge in [0.25, 0.3) is 0 Å². The average Bonchev–Trinajstić information content (AvgIpc) is 2.43. The number of carbonyl (C=O) groups is 1. The Kier molecular flexibility index (Phi) is 5.27. The van der Waals surface area contributed by atoms with Gasteiger partial charge in [-0.3, -0.25) is 9.69 Å². The summed E-state index contributed by atoms with van der Waals surface area (Å²) >= 11 is 0. The third kappa shape index (κ3) is 4.17. The zero-order valence-electron chi connectivity index (χ0n) is 13.0. The molecule has 21 heavy (non-hydrogen) atoms. The molecule has 122 valence electrons. The van der Waals surface area contributed by atoms with Crippen LogP contribution in [-0.2, 0) is 19.4 Å². The molecule has 6 nitrogen and oxygen atoms in total. The Morgan fingerprint density at radius 1 is 1.14 bits per heavy atom. The first kappa shape index (κ1) is 16.7. The number of hydrogen-bond donors (Lipinski definition) is 0. The second-order valence-electron chi connectivity index (χ2n) is 6.15. The standard InChI is InChI=1S/C14H26N2O4S/c1-3-20-13(17)12-14(4-10-21(18,19)11-5-14)16-8-6-15(2)7-9-16/h3-12H2,1-2H3. The molecule has 0 aromatic heterocycles. The fraction of sp³-hybridized carbons (Fsp3) is 0.929. The minimum atomic E-state index is -2.94. The highest BCUT2D eigenvalue weighted by Crippen LogP contribution is 2.34. The Morgan fingerprint density at radius 3 is 2.24 bits per heavy atom. The van der Waals surface area contributed by atoms with Crippen LogP contribution >= 0.6 is 0 Å². The van der Waals surface area contributed by atoms with Gasteiger partial charge in [0.1, 0.15) is 9.84 Å². The van der Waals surface area contributed by atoms with Crippen molar-refractivity contribution in [3.63, 3.8) is 0 Å². The molecule has 0 spiro atoms. The van der Waals surface area contributed by atoms with Crippen LogP contribution < -0.4 is 0 Å². The van der Waals surface area contributed by atoms with Crippen LogP contribution in [0.4, 0.5) is 0 Å². The van der Waals surface area contributed by atoms with Crippen LogP contribution in [-0.4, -0.2) is 81.1 Å². The minimum absolute atomic E-state index is 0.179. The van der Waals surface area contributed by atoms with Crippen LogP contribution in [0.1, 0.15) is 26.2 Å². The lowest BCUT2D eigenvalue weighted by molar-refractivity contribution is -0.147. The number of hydrogen-bond acceptors (Lipinski definition) is 6. The first-order valence-corrected chi connectivity index (χ1v) is 9.49. The van der Waals surface area contributed by atoms with E-state index in [9.17, 15) is 13.2 Å². The lowest BCUT2D eigenvalue weighted by Gasteiger charge is -2.48. The van der Waals surface area contributed by atoms with Gasteiger partial charge in [-0.25, -0.2) is 8.42 Å². The quantitative estimate of drug-likeness (QED) is 0.687. The fourth-order valence-electron chi connectivity index (χ4n) is 3.28. The Hall–Kier alpha value is -0.660. The molecule has 0 aromatic carbocycles. The van der Waals surface area contributed by atoms with Crippen LogP contribution in [0.2, 0.25) is 0 Å². The van der Waals surface area contributed by atoms with E-state index in [0.717, 1.165) is 26.2 Å². The number of esters is 1. The van der Waals surface area contributed by atoms with E-state index in [4.69, 9.17) is 4.74 Å². The Morgan fingerprint density at radius 2 is 1.71 bits per heavy atom. The number of nitrogens with zero attached hydrogens (tertiary/aromatic N) is 2. The lowest BCUT2D eigenvalue weighted by atomic mass is 9.85. The molecule has 0 radical (unpaired) electrons. The van der Waals surface area contributed by atoms with E-state index in [1.807, 2.05) is 0 Å². The van der Waals surface area contributed by atoms with Gasteiger partial charge in [0, 0.05) is 31.7 Å². The molecule has 2 aliphatic heterocycles. The summed E-state index contributed by atoms with van der Waals surface area (Å²) in [5, 5.41) is 0. The predicted octanol–water partition coefficient (Wildman–Crippen LogP) is 0.134. The van der Waals surface area contributed by atoms with Crippen molar-refractivity contribution in [1.82, 2.24) is 9.80 Å². The molecular formula is C14H26N2O4S. The van der Waals surface area contributed by atoms with Gasteiger partial charge in [0.15, 0.2) is 0 Å². The molecule has 0 bridgehead atoms. The second kappa shape index (κ2) is 6.62. The first-order chi connectivity index (χ1) is 9.87. The van der Waals surface area contributed by atoms with E-state index in [-0.39, 0.29) is 23.0 Å². The first-order valence-electron chi connectivity index (χ1n) is 7.66. The van der Waals surface area contributed by atoms with Crippen molar-refractivity contribution in [2.45, 2.75) is 31.7 Å². The molecule has 2 fully saturated rings. The van der Waals surface area contributed by atoms with Crippen molar-refractivity contribution >= 4 is 15.8 Å². The fourth-order valence-corrected chi connectivity index (χ4v) is 4.87. The molecule has 7 heteroatoms. The van der Waals surface area contributed by atoms with E-state index in [0.29, 0.717) is 25.9 Å². The minimum Gasteiger partial charge on any atom is -0.466 e. The summed E-state index contributed by atoms with van der Waals surface area (Å²) in [4.78, 5) is 16.6. The molecule has 0 aromatic rings. The molecule has 0 aliphatic carbocycles. The highest BCUT2D eigenvalue weighted by molar-refractivity contribution is 7.91. The van der Waals surface area contributed by atoms with Gasteiger partial charge in [-0.2, -0.15) is 0 Å². The van der Waals surface area contributed by atoms with E-state index < -0.39 is 9.84 Å². The number of piperazine rings is 1. The van der Waals surface area contributed by atoms with E-state index in [1.165, 1.54) is 0 Å². The summed E-state index contributed by atoms with van der Waals surface area (Å²) in [6.07, 6.45) is 1.38.